The van der Waals surface area contributed by atoms with E-state index in [0.717, 1.165) is 0 Å². The van der Waals surface area contributed by atoms with Crippen LogP contribution in [0.4, 0.5) is 5.69 Å². The van der Waals surface area contributed by atoms with Gasteiger partial charge in [0, 0.05) is 5.54 Å². The molecular weight excluding hydrogens is 326 g/mol. The Hall–Kier alpha value is -1.31. The molecule has 0 radical (unpaired) electrons. The first-order chi connectivity index (χ1) is 9.96. The summed E-state index contributed by atoms with van der Waals surface area (Å²) in [4.78, 5) is 14.1. The van der Waals surface area contributed by atoms with Gasteiger partial charge in [-0.2, -0.15) is 0 Å². The SMILES string of the molecule is CCC1NC(=O)c2cc(S(N)(=O)=O)c(Cl)cc2N1C(C)(C)C. The largest absolute Gasteiger partial charge is 0.346 e. The van der Waals surface area contributed by atoms with E-state index in [1.165, 1.54) is 12.1 Å². The van der Waals surface area contributed by atoms with Crippen molar-refractivity contribution in [2.45, 2.75) is 50.7 Å². The molecule has 1 atom stereocenters. The van der Waals surface area contributed by atoms with Crippen LogP contribution in [0.15, 0.2) is 17.0 Å². The fraction of sp³-hybridized carbons (Fsp3) is 0.500. The lowest BCUT2D eigenvalue weighted by Crippen LogP contribution is -2.59. The van der Waals surface area contributed by atoms with Gasteiger partial charge in [-0.1, -0.05) is 18.5 Å². The molecule has 22 heavy (non-hydrogen) atoms. The molecule has 0 fully saturated rings. The topological polar surface area (TPSA) is 92.5 Å². The fourth-order valence-corrected chi connectivity index (χ4v) is 3.81. The average Bonchev–Trinajstić information content (AvgIpc) is 2.34. The Kier molecular flexibility index (Phi) is 4.18. The number of halogens is 1. The fourth-order valence-electron chi connectivity index (χ4n) is 2.72. The lowest BCUT2D eigenvalue weighted by molar-refractivity contribution is 0.0919. The minimum atomic E-state index is -3.99. The summed E-state index contributed by atoms with van der Waals surface area (Å²) in [5.41, 5.74) is 0.587. The van der Waals surface area contributed by atoms with Crippen molar-refractivity contribution >= 4 is 33.2 Å². The van der Waals surface area contributed by atoms with E-state index in [1.807, 2.05) is 32.6 Å². The predicted octanol–water partition coefficient (Wildman–Crippen LogP) is 2.07. The Labute approximate surface area is 135 Å². The summed E-state index contributed by atoms with van der Waals surface area (Å²) >= 11 is 6.08. The molecule has 1 aliphatic rings. The first-order valence-electron chi connectivity index (χ1n) is 6.93. The Morgan fingerprint density at radius 2 is 1.95 bits per heavy atom. The first-order valence-corrected chi connectivity index (χ1v) is 8.85. The van der Waals surface area contributed by atoms with Gasteiger partial charge in [0.1, 0.15) is 11.1 Å². The van der Waals surface area contributed by atoms with Crippen LogP contribution in [0.1, 0.15) is 44.5 Å². The number of anilines is 1. The number of carbonyl (C=O) groups excluding carboxylic acids is 1. The van der Waals surface area contributed by atoms with Gasteiger partial charge >= 0.3 is 0 Å². The van der Waals surface area contributed by atoms with Crippen LogP contribution in [-0.4, -0.2) is 26.0 Å². The van der Waals surface area contributed by atoms with Crippen molar-refractivity contribution in [2.75, 3.05) is 4.90 Å². The van der Waals surface area contributed by atoms with Crippen LogP contribution in [0.25, 0.3) is 0 Å². The molecule has 122 valence electrons. The second kappa shape index (κ2) is 5.40. The molecule has 0 bridgehead atoms. The standard InChI is InChI=1S/C14H20ClN3O3S/c1-5-12-17-13(19)8-6-11(22(16,20)21)9(15)7-10(8)18(12)14(2,3)4/h6-7,12H,5H2,1-4H3,(H,17,19)(H2,16,20,21). The highest BCUT2D eigenvalue weighted by atomic mass is 35.5. The van der Waals surface area contributed by atoms with Gasteiger partial charge in [0.2, 0.25) is 10.0 Å². The zero-order valence-corrected chi connectivity index (χ0v) is 14.5. The molecule has 3 N–H and O–H groups in total. The highest BCUT2D eigenvalue weighted by molar-refractivity contribution is 7.89. The van der Waals surface area contributed by atoms with E-state index in [-0.39, 0.29) is 33.1 Å². The third-order valence-corrected chi connectivity index (χ3v) is 4.96. The number of hydrogen-bond acceptors (Lipinski definition) is 4. The van der Waals surface area contributed by atoms with Crippen molar-refractivity contribution < 1.29 is 13.2 Å². The van der Waals surface area contributed by atoms with Crippen LogP contribution in [0.2, 0.25) is 5.02 Å². The quantitative estimate of drug-likeness (QED) is 0.858. The van der Waals surface area contributed by atoms with Crippen LogP contribution in [0.3, 0.4) is 0 Å². The molecule has 2 rings (SSSR count). The number of carbonyl (C=O) groups is 1. The number of hydrogen-bond donors (Lipinski definition) is 2. The van der Waals surface area contributed by atoms with E-state index in [0.29, 0.717) is 12.1 Å². The normalized spacial score (nSPS) is 18.9. The minimum absolute atomic E-state index is 0.0139. The number of nitrogens with two attached hydrogens (primary N) is 1. The molecule has 8 heteroatoms. The number of rotatable bonds is 2. The Bertz CT molecular complexity index is 726. The van der Waals surface area contributed by atoms with Crippen molar-refractivity contribution in [3.8, 4) is 0 Å². The number of nitrogens with zero attached hydrogens (tertiary/aromatic N) is 1. The van der Waals surface area contributed by atoms with Crippen molar-refractivity contribution in [2.24, 2.45) is 5.14 Å². The maximum absolute atomic E-state index is 12.3. The molecule has 0 aromatic heterocycles. The Morgan fingerprint density at radius 3 is 2.41 bits per heavy atom. The number of nitrogens with one attached hydrogen (secondary N) is 1. The second-order valence-electron chi connectivity index (χ2n) is 6.28. The van der Waals surface area contributed by atoms with Gasteiger partial charge in [-0.05, 0) is 39.3 Å². The van der Waals surface area contributed by atoms with Crippen LogP contribution in [-0.2, 0) is 10.0 Å². The summed E-state index contributed by atoms with van der Waals surface area (Å²) in [6.45, 7) is 8.00. The third kappa shape index (κ3) is 2.93. The number of benzene rings is 1. The summed E-state index contributed by atoms with van der Waals surface area (Å²) in [5, 5.41) is 8.05. The van der Waals surface area contributed by atoms with Crippen molar-refractivity contribution in [1.29, 1.82) is 0 Å². The van der Waals surface area contributed by atoms with Gasteiger partial charge in [-0.15, -0.1) is 0 Å². The highest BCUT2D eigenvalue weighted by Crippen LogP contribution is 2.37. The van der Waals surface area contributed by atoms with Crippen LogP contribution in [0, 0.1) is 0 Å². The number of fused-ring (bicyclic) bond motifs is 1. The minimum Gasteiger partial charge on any atom is -0.346 e. The molecule has 6 nitrogen and oxygen atoms in total. The number of amides is 1. The highest BCUT2D eigenvalue weighted by Gasteiger charge is 2.37. The molecule has 1 aromatic carbocycles. The van der Waals surface area contributed by atoms with E-state index in [9.17, 15) is 13.2 Å². The molecule has 0 aliphatic carbocycles. The zero-order chi connectivity index (χ0) is 16.9. The monoisotopic (exact) mass is 345 g/mol. The molecular formula is C14H20ClN3O3S. The number of primary sulfonamides is 1. The molecule has 1 heterocycles. The van der Waals surface area contributed by atoms with Gasteiger partial charge in [0.05, 0.1) is 16.3 Å². The van der Waals surface area contributed by atoms with E-state index < -0.39 is 10.0 Å². The predicted molar refractivity (Wildman–Crippen MR) is 86.6 cm³/mol. The van der Waals surface area contributed by atoms with E-state index >= 15 is 0 Å². The van der Waals surface area contributed by atoms with E-state index in [1.54, 1.807) is 0 Å². The van der Waals surface area contributed by atoms with Crippen LogP contribution < -0.4 is 15.4 Å². The Balaban J connectivity index is 2.74. The maximum atomic E-state index is 12.3. The molecule has 1 unspecified atom stereocenters. The first kappa shape index (κ1) is 17.1. The van der Waals surface area contributed by atoms with E-state index in [2.05, 4.69) is 5.32 Å². The summed E-state index contributed by atoms with van der Waals surface area (Å²) in [5.74, 6) is -0.330. The van der Waals surface area contributed by atoms with Gasteiger partial charge in [-0.25, -0.2) is 13.6 Å². The van der Waals surface area contributed by atoms with Crippen molar-refractivity contribution in [1.82, 2.24) is 5.32 Å². The van der Waals surface area contributed by atoms with Gasteiger partial charge < -0.3 is 10.2 Å². The van der Waals surface area contributed by atoms with Crippen molar-refractivity contribution in [3.63, 3.8) is 0 Å². The molecule has 1 amide bonds. The molecule has 0 saturated carbocycles. The smallest absolute Gasteiger partial charge is 0.255 e. The Morgan fingerprint density at radius 1 is 1.36 bits per heavy atom. The van der Waals surface area contributed by atoms with E-state index in [4.69, 9.17) is 16.7 Å². The second-order valence-corrected chi connectivity index (χ2v) is 8.22. The van der Waals surface area contributed by atoms with Gasteiger partial charge in [0.15, 0.2) is 0 Å². The van der Waals surface area contributed by atoms with Crippen LogP contribution in [0.5, 0.6) is 0 Å². The van der Waals surface area contributed by atoms with Crippen molar-refractivity contribution in [3.05, 3.63) is 22.7 Å². The average molecular weight is 346 g/mol. The number of sulfonamides is 1. The molecule has 1 aromatic rings. The zero-order valence-electron chi connectivity index (χ0n) is 13.0. The summed E-state index contributed by atoms with van der Waals surface area (Å²) in [7, 11) is -3.99. The van der Waals surface area contributed by atoms with Gasteiger partial charge in [0.25, 0.3) is 5.91 Å². The summed E-state index contributed by atoms with van der Waals surface area (Å²) < 4.78 is 23.2. The lowest BCUT2D eigenvalue weighted by Gasteiger charge is -2.47. The maximum Gasteiger partial charge on any atom is 0.255 e. The summed E-state index contributed by atoms with van der Waals surface area (Å²) in [6, 6.07) is 2.75. The van der Waals surface area contributed by atoms with Crippen LogP contribution >= 0.6 is 11.6 Å². The van der Waals surface area contributed by atoms with Gasteiger partial charge in [-0.3, -0.25) is 4.79 Å². The lowest BCUT2D eigenvalue weighted by atomic mass is 9.97. The molecule has 1 aliphatic heterocycles. The molecule has 0 spiro atoms. The summed E-state index contributed by atoms with van der Waals surface area (Å²) in [6.07, 6.45) is 0.521. The molecule has 0 saturated heterocycles. The third-order valence-electron chi connectivity index (χ3n) is 3.58.